The fourth-order valence-electron chi connectivity index (χ4n) is 2.90. The van der Waals surface area contributed by atoms with Crippen LogP contribution in [0.2, 0.25) is 0 Å². The summed E-state index contributed by atoms with van der Waals surface area (Å²) < 4.78 is 21.3. The molecule has 3 aromatic rings. The van der Waals surface area contributed by atoms with Gasteiger partial charge in [-0.05, 0) is 36.4 Å². The number of nitrogens with zero attached hydrogens (tertiary/aromatic N) is 1. The number of carbonyl (C=O) groups excluding carboxylic acids is 2. The number of aromatic nitrogens is 1. The topological polar surface area (TPSA) is 96.0 Å². The number of benzene rings is 2. The van der Waals surface area contributed by atoms with E-state index in [1.807, 2.05) is 23.6 Å². The number of anilines is 1. The van der Waals surface area contributed by atoms with Crippen molar-refractivity contribution in [3.8, 4) is 27.8 Å². The van der Waals surface area contributed by atoms with Gasteiger partial charge in [0.25, 0.3) is 5.91 Å². The number of nitrogens with one attached hydrogen (secondary N) is 1. The summed E-state index contributed by atoms with van der Waals surface area (Å²) in [6.45, 7) is -0.0411. The van der Waals surface area contributed by atoms with E-state index in [9.17, 15) is 9.59 Å². The molecule has 4 rings (SSSR count). The van der Waals surface area contributed by atoms with Crippen LogP contribution in [-0.4, -0.2) is 37.7 Å². The summed E-state index contributed by atoms with van der Waals surface area (Å²) in [7, 11) is 3.16. The van der Waals surface area contributed by atoms with Gasteiger partial charge in [-0.25, -0.2) is 9.78 Å². The fraction of sp³-hybridized carbons (Fsp3) is 0.190. The molecule has 2 aromatic carbocycles. The lowest BCUT2D eigenvalue weighted by Gasteiger charge is -2.18. The highest BCUT2D eigenvalue weighted by Crippen LogP contribution is 2.34. The second-order valence-electron chi connectivity index (χ2n) is 6.34. The first kappa shape index (κ1) is 19.7. The van der Waals surface area contributed by atoms with Gasteiger partial charge >= 0.3 is 5.97 Å². The normalized spacial score (nSPS) is 12.4. The van der Waals surface area contributed by atoms with Crippen molar-refractivity contribution < 1.29 is 28.5 Å². The van der Waals surface area contributed by atoms with Crippen molar-refractivity contribution in [1.29, 1.82) is 0 Å². The van der Waals surface area contributed by atoms with Gasteiger partial charge in [0, 0.05) is 10.9 Å². The van der Waals surface area contributed by atoms with Crippen LogP contribution in [0.5, 0.6) is 17.2 Å². The van der Waals surface area contributed by atoms with Crippen molar-refractivity contribution in [3.63, 3.8) is 0 Å². The monoisotopic (exact) mass is 426 g/mol. The van der Waals surface area contributed by atoms with Crippen LogP contribution in [0, 0.1) is 0 Å². The smallest absolute Gasteiger partial charge is 0.338 e. The van der Waals surface area contributed by atoms with E-state index >= 15 is 0 Å². The molecular formula is C21H18N2O6S. The largest absolute Gasteiger partial charge is 0.493 e. The maximum absolute atomic E-state index is 12.4. The Bertz CT molecular complexity index is 1110. The predicted molar refractivity (Wildman–Crippen MR) is 110 cm³/mol. The highest BCUT2D eigenvalue weighted by molar-refractivity contribution is 7.13. The number of ether oxygens (including phenoxy) is 4. The quantitative estimate of drug-likeness (QED) is 0.603. The molecule has 0 atom stereocenters. The van der Waals surface area contributed by atoms with Crippen molar-refractivity contribution in [1.82, 2.24) is 4.98 Å². The Morgan fingerprint density at radius 2 is 2.00 bits per heavy atom. The standard InChI is InChI=1S/C21H18N2O6S/c1-26-16-6-4-12(7-18(16)27-2)20-22-14(11-30-20)9-29-21(25)13-3-5-15-17(8-13)28-10-19(24)23-15/h3-8,11H,9-10H2,1-2H3,(H,23,24). The summed E-state index contributed by atoms with van der Waals surface area (Å²) in [4.78, 5) is 28.2. The van der Waals surface area contributed by atoms with E-state index in [0.29, 0.717) is 34.2 Å². The van der Waals surface area contributed by atoms with Crippen molar-refractivity contribution >= 4 is 28.9 Å². The highest BCUT2D eigenvalue weighted by Gasteiger charge is 2.19. The molecule has 1 aliphatic rings. The highest BCUT2D eigenvalue weighted by atomic mass is 32.1. The third kappa shape index (κ3) is 4.06. The number of methoxy groups -OCH3 is 2. The zero-order valence-electron chi connectivity index (χ0n) is 16.3. The molecule has 0 spiro atoms. The average Bonchev–Trinajstić information content (AvgIpc) is 3.25. The summed E-state index contributed by atoms with van der Waals surface area (Å²) >= 11 is 1.44. The van der Waals surface area contributed by atoms with E-state index in [2.05, 4.69) is 10.3 Å². The lowest BCUT2D eigenvalue weighted by Crippen LogP contribution is -2.25. The molecule has 30 heavy (non-hydrogen) atoms. The molecule has 0 bridgehead atoms. The Labute approximate surface area is 176 Å². The van der Waals surface area contributed by atoms with Gasteiger partial charge in [-0.15, -0.1) is 11.3 Å². The molecule has 154 valence electrons. The first-order chi connectivity index (χ1) is 14.6. The lowest BCUT2D eigenvalue weighted by atomic mass is 10.1. The molecule has 0 saturated heterocycles. The summed E-state index contributed by atoms with van der Waals surface area (Å²) in [6.07, 6.45) is 0. The summed E-state index contributed by atoms with van der Waals surface area (Å²) in [5.41, 5.74) is 2.38. The van der Waals surface area contributed by atoms with Crippen LogP contribution in [-0.2, 0) is 16.1 Å². The van der Waals surface area contributed by atoms with Gasteiger partial charge in [0.1, 0.15) is 17.4 Å². The Balaban J connectivity index is 1.42. The number of amides is 1. The number of fused-ring (bicyclic) bond motifs is 1. The second-order valence-corrected chi connectivity index (χ2v) is 7.20. The Morgan fingerprint density at radius 1 is 1.17 bits per heavy atom. The van der Waals surface area contributed by atoms with Crippen molar-refractivity contribution in [2.45, 2.75) is 6.61 Å². The van der Waals surface area contributed by atoms with Crippen LogP contribution in [0.3, 0.4) is 0 Å². The number of hydrogen-bond acceptors (Lipinski definition) is 8. The Hall–Kier alpha value is -3.59. The number of hydrogen-bond donors (Lipinski definition) is 1. The average molecular weight is 426 g/mol. The van der Waals surface area contributed by atoms with Gasteiger partial charge in [0.15, 0.2) is 18.1 Å². The van der Waals surface area contributed by atoms with E-state index in [1.165, 1.54) is 11.3 Å². The molecule has 0 radical (unpaired) electrons. The van der Waals surface area contributed by atoms with Crippen LogP contribution in [0.25, 0.3) is 10.6 Å². The molecule has 1 aromatic heterocycles. The summed E-state index contributed by atoms with van der Waals surface area (Å²) in [6, 6.07) is 10.3. The third-order valence-electron chi connectivity index (χ3n) is 4.38. The number of rotatable bonds is 6. The predicted octanol–water partition coefficient (Wildman–Crippen LogP) is 3.52. The van der Waals surface area contributed by atoms with Gasteiger partial charge in [0.2, 0.25) is 0 Å². The maximum atomic E-state index is 12.4. The molecule has 1 N–H and O–H groups in total. The molecule has 1 amide bonds. The van der Waals surface area contributed by atoms with Crippen molar-refractivity contribution in [3.05, 3.63) is 53.0 Å². The van der Waals surface area contributed by atoms with Gasteiger partial charge < -0.3 is 24.3 Å². The Kier molecular flexibility index (Phi) is 5.53. The molecule has 8 nitrogen and oxygen atoms in total. The molecular weight excluding hydrogens is 408 g/mol. The molecule has 0 unspecified atom stereocenters. The van der Waals surface area contributed by atoms with Crippen LogP contribution in [0.15, 0.2) is 41.8 Å². The lowest BCUT2D eigenvalue weighted by molar-refractivity contribution is -0.118. The van der Waals surface area contributed by atoms with E-state index in [0.717, 1.165) is 10.6 Å². The maximum Gasteiger partial charge on any atom is 0.338 e. The second kappa shape index (κ2) is 8.42. The minimum Gasteiger partial charge on any atom is -0.493 e. The third-order valence-corrected chi connectivity index (χ3v) is 5.32. The van der Waals surface area contributed by atoms with Gasteiger partial charge in [0.05, 0.1) is 31.2 Å². The van der Waals surface area contributed by atoms with E-state index in [4.69, 9.17) is 18.9 Å². The SMILES string of the molecule is COc1ccc(-c2nc(COC(=O)c3ccc4c(c3)OCC(=O)N4)cs2)cc1OC. The number of carbonyl (C=O) groups is 2. The first-order valence-electron chi connectivity index (χ1n) is 8.98. The van der Waals surface area contributed by atoms with Gasteiger partial charge in [-0.1, -0.05) is 0 Å². The molecule has 0 aliphatic carbocycles. The van der Waals surface area contributed by atoms with Crippen molar-refractivity contribution in [2.24, 2.45) is 0 Å². The van der Waals surface area contributed by atoms with Gasteiger partial charge in [-0.3, -0.25) is 4.79 Å². The van der Waals surface area contributed by atoms with Gasteiger partial charge in [-0.2, -0.15) is 0 Å². The molecule has 2 heterocycles. The molecule has 0 saturated carbocycles. The molecule has 9 heteroatoms. The van der Waals surface area contributed by atoms with Crippen molar-refractivity contribution in [2.75, 3.05) is 26.1 Å². The summed E-state index contributed by atoms with van der Waals surface area (Å²) in [5, 5.41) is 5.29. The summed E-state index contributed by atoms with van der Waals surface area (Å²) in [5.74, 6) is 0.962. The molecule has 1 aliphatic heterocycles. The Morgan fingerprint density at radius 3 is 2.80 bits per heavy atom. The molecule has 0 fully saturated rings. The number of esters is 1. The fourth-order valence-corrected chi connectivity index (χ4v) is 3.70. The van der Waals surface area contributed by atoms with E-state index in [-0.39, 0.29) is 19.1 Å². The van der Waals surface area contributed by atoms with Crippen LogP contribution < -0.4 is 19.5 Å². The van der Waals surface area contributed by atoms with Crippen LogP contribution in [0.4, 0.5) is 5.69 Å². The van der Waals surface area contributed by atoms with E-state index in [1.54, 1.807) is 32.4 Å². The van der Waals surface area contributed by atoms with E-state index < -0.39 is 5.97 Å². The van der Waals surface area contributed by atoms with Crippen LogP contribution in [0.1, 0.15) is 16.1 Å². The minimum absolute atomic E-state index is 0.0390. The zero-order valence-corrected chi connectivity index (χ0v) is 17.1. The minimum atomic E-state index is -0.501. The van der Waals surface area contributed by atoms with Crippen LogP contribution >= 0.6 is 11.3 Å². The zero-order chi connectivity index (χ0) is 21.1. The number of thiazole rings is 1. The first-order valence-corrected chi connectivity index (χ1v) is 9.86.